The van der Waals surface area contributed by atoms with Crippen LogP contribution in [0.4, 0.5) is 10.5 Å². The Morgan fingerprint density at radius 1 is 1.13 bits per heavy atom. The lowest BCUT2D eigenvalue weighted by Crippen LogP contribution is -2.27. The molecular formula is C16H15Cl2N3O2. The van der Waals surface area contributed by atoms with Crippen LogP contribution in [0.25, 0.3) is 0 Å². The Bertz CT molecular complexity index is 750. The predicted molar refractivity (Wildman–Crippen MR) is 92.0 cm³/mol. The molecule has 1 atom stereocenters. The first-order valence-corrected chi connectivity index (χ1v) is 7.54. The molecule has 4 N–H and O–H groups in total. The molecule has 0 saturated carbocycles. The standard InChI is InChI=1S/C16H15Cl2N3O2/c1-9(13-6-5-11(17)8-14(13)18)20-15(22)10-3-2-4-12(7-10)21-16(19)23/h2-9H,1H3,(H,20,22)(H3,19,21,23)/t9-/m0/s1. The minimum Gasteiger partial charge on any atom is -0.351 e. The third-order valence-electron chi connectivity index (χ3n) is 3.17. The molecule has 0 aliphatic heterocycles. The number of anilines is 1. The fourth-order valence-electron chi connectivity index (χ4n) is 2.09. The number of halogens is 2. The normalized spacial score (nSPS) is 11.6. The van der Waals surface area contributed by atoms with Crippen molar-refractivity contribution in [1.29, 1.82) is 0 Å². The van der Waals surface area contributed by atoms with Crippen molar-refractivity contribution in [2.24, 2.45) is 5.73 Å². The minimum absolute atomic E-state index is 0.295. The van der Waals surface area contributed by atoms with Gasteiger partial charge in [0.15, 0.2) is 0 Å². The van der Waals surface area contributed by atoms with Crippen molar-refractivity contribution in [1.82, 2.24) is 5.32 Å². The number of hydrogen-bond donors (Lipinski definition) is 3. The maximum absolute atomic E-state index is 12.3. The SMILES string of the molecule is C[C@H](NC(=O)c1cccc(NC(N)=O)c1)c1ccc(Cl)cc1Cl. The van der Waals surface area contributed by atoms with Gasteiger partial charge < -0.3 is 16.4 Å². The zero-order valence-electron chi connectivity index (χ0n) is 12.3. The molecule has 0 unspecified atom stereocenters. The molecule has 0 aliphatic rings. The molecule has 2 aromatic rings. The fourth-order valence-corrected chi connectivity index (χ4v) is 2.66. The summed E-state index contributed by atoms with van der Waals surface area (Å²) in [4.78, 5) is 23.2. The van der Waals surface area contributed by atoms with Crippen LogP contribution < -0.4 is 16.4 Å². The number of nitrogens with two attached hydrogens (primary N) is 1. The summed E-state index contributed by atoms with van der Waals surface area (Å²) in [6, 6.07) is 10.6. The van der Waals surface area contributed by atoms with E-state index in [4.69, 9.17) is 28.9 Å². The molecule has 23 heavy (non-hydrogen) atoms. The van der Waals surface area contributed by atoms with Gasteiger partial charge in [0.2, 0.25) is 0 Å². The van der Waals surface area contributed by atoms with Gasteiger partial charge in [-0.3, -0.25) is 4.79 Å². The van der Waals surface area contributed by atoms with E-state index in [-0.39, 0.29) is 11.9 Å². The number of rotatable bonds is 4. The van der Waals surface area contributed by atoms with E-state index in [1.54, 1.807) is 36.4 Å². The highest BCUT2D eigenvalue weighted by Crippen LogP contribution is 2.26. The van der Waals surface area contributed by atoms with E-state index in [1.807, 2.05) is 6.92 Å². The maximum Gasteiger partial charge on any atom is 0.316 e. The lowest BCUT2D eigenvalue weighted by Gasteiger charge is -2.16. The Balaban J connectivity index is 2.13. The molecule has 5 nitrogen and oxygen atoms in total. The molecule has 3 amide bonds. The monoisotopic (exact) mass is 351 g/mol. The Morgan fingerprint density at radius 3 is 2.52 bits per heavy atom. The third-order valence-corrected chi connectivity index (χ3v) is 3.73. The van der Waals surface area contributed by atoms with Crippen LogP contribution in [0.1, 0.15) is 28.9 Å². The highest BCUT2D eigenvalue weighted by Gasteiger charge is 2.14. The average Bonchev–Trinajstić information content (AvgIpc) is 2.46. The molecule has 120 valence electrons. The first kappa shape index (κ1) is 17.1. The van der Waals surface area contributed by atoms with Gasteiger partial charge in [-0.2, -0.15) is 0 Å². The second-order valence-corrected chi connectivity index (χ2v) is 5.77. The molecule has 0 saturated heterocycles. The molecule has 2 rings (SSSR count). The van der Waals surface area contributed by atoms with E-state index < -0.39 is 6.03 Å². The van der Waals surface area contributed by atoms with Crippen LogP contribution in [0.5, 0.6) is 0 Å². The number of hydrogen-bond acceptors (Lipinski definition) is 2. The summed E-state index contributed by atoms with van der Waals surface area (Å²) in [6.07, 6.45) is 0. The van der Waals surface area contributed by atoms with Gasteiger partial charge in [-0.05, 0) is 42.8 Å². The summed E-state index contributed by atoms with van der Waals surface area (Å²) in [6.45, 7) is 1.82. The second kappa shape index (κ2) is 7.35. The van der Waals surface area contributed by atoms with Crippen molar-refractivity contribution in [3.8, 4) is 0 Å². The zero-order valence-corrected chi connectivity index (χ0v) is 13.8. The number of amides is 3. The van der Waals surface area contributed by atoms with E-state index in [0.29, 0.717) is 21.3 Å². The molecule has 0 aliphatic carbocycles. The maximum atomic E-state index is 12.3. The van der Waals surface area contributed by atoms with Gasteiger partial charge in [0.05, 0.1) is 6.04 Å². The van der Waals surface area contributed by atoms with Crippen molar-refractivity contribution in [3.63, 3.8) is 0 Å². The van der Waals surface area contributed by atoms with Gasteiger partial charge >= 0.3 is 6.03 Å². The van der Waals surface area contributed by atoms with Gasteiger partial charge in [-0.1, -0.05) is 35.3 Å². The van der Waals surface area contributed by atoms with E-state index >= 15 is 0 Å². The van der Waals surface area contributed by atoms with Crippen LogP contribution in [0.2, 0.25) is 10.0 Å². The predicted octanol–water partition coefficient (Wildman–Crippen LogP) is 3.98. The smallest absolute Gasteiger partial charge is 0.316 e. The average molecular weight is 352 g/mol. The van der Waals surface area contributed by atoms with E-state index in [0.717, 1.165) is 5.56 Å². The van der Waals surface area contributed by atoms with Gasteiger partial charge in [-0.25, -0.2) is 4.79 Å². The molecular weight excluding hydrogens is 337 g/mol. The van der Waals surface area contributed by atoms with Crippen LogP contribution in [-0.2, 0) is 0 Å². The molecule has 2 aromatic carbocycles. The first-order valence-electron chi connectivity index (χ1n) is 6.79. The van der Waals surface area contributed by atoms with Crippen molar-refractivity contribution in [2.75, 3.05) is 5.32 Å². The molecule has 0 aromatic heterocycles. The number of benzene rings is 2. The largest absolute Gasteiger partial charge is 0.351 e. The van der Waals surface area contributed by atoms with Crippen molar-refractivity contribution in [3.05, 3.63) is 63.6 Å². The lowest BCUT2D eigenvalue weighted by molar-refractivity contribution is 0.0940. The Labute approximate surface area is 143 Å². The summed E-state index contributed by atoms with van der Waals surface area (Å²) >= 11 is 12.0. The first-order chi connectivity index (χ1) is 10.9. The number of carbonyl (C=O) groups excluding carboxylic acids is 2. The molecule has 0 radical (unpaired) electrons. The fraction of sp³-hybridized carbons (Fsp3) is 0.125. The van der Waals surface area contributed by atoms with Gasteiger partial charge in [0.25, 0.3) is 5.91 Å². The number of urea groups is 1. The summed E-state index contributed by atoms with van der Waals surface area (Å²) in [5.74, 6) is -0.295. The van der Waals surface area contributed by atoms with Crippen LogP contribution in [0.3, 0.4) is 0 Å². The van der Waals surface area contributed by atoms with E-state index in [9.17, 15) is 9.59 Å². The third kappa shape index (κ3) is 4.61. The van der Waals surface area contributed by atoms with Crippen molar-refractivity contribution >= 4 is 40.8 Å². The second-order valence-electron chi connectivity index (χ2n) is 4.93. The Kier molecular flexibility index (Phi) is 5.47. The van der Waals surface area contributed by atoms with Crippen LogP contribution in [-0.4, -0.2) is 11.9 Å². The van der Waals surface area contributed by atoms with Gasteiger partial charge in [0.1, 0.15) is 0 Å². The van der Waals surface area contributed by atoms with Gasteiger partial charge in [-0.15, -0.1) is 0 Å². The summed E-state index contributed by atoms with van der Waals surface area (Å²) in [5, 5.41) is 6.28. The van der Waals surface area contributed by atoms with Crippen LogP contribution in [0, 0.1) is 0 Å². The quantitative estimate of drug-likeness (QED) is 0.778. The Hall–Kier alpha value is -2.24. The molecule has 0 fully saturated rings. The zero-order chi connectivity index (χ0) is 17.0. The summed E-state index contributed by atoms with van der Waals surface area (Å²) < 4.78 is 0. The van der Waals surface area contributed by atoms with E-state index in [2.05, 4.69) is 10.6 Å². The highest BCUT2D eigenvalue weighted by molar-refractivity contribution is 6.35. The molecule has 0 spiro atoms. The van der Waals surface area contributed by atoms with Crippen LogP contribution >= 0.6 is 23.2 Å². The number of nitrogens with one attached hydrogen (secondary N) is 2. The molecule has 7 heteroatoms. The van der Waals surface area contributed by atoms with Crippen molar-refractivity contribution < 1.29 is 9.59 Å². The summed E-state index contributed by atoms with van der Waals surface area (Å²) in [5.41, 5.74) is 6.66. The molecule has 0 bridgehead atoms. The lowest BCUT2D eigenvalue weighted by atomic mass is 10.1. The minimum atomic E-state index is -0.691. The topological polar surface area (TPSA) is 84.2 Å². The number of carbonyl (C=O) groups is 2. The molecule has 0 heterocycles. The van der Waals surface area contributed by atoms with Crippen LogP contribution in [0.15, 0.2) is 42.5 Å². The highest BCUT2D eigenvalue weighted by atomic mass is 35.5. The number of primary amides is 1. The van der Waals surface area contributed by atoms with E-state index in [1.165, 1.54) is 6.07 Å². The Morgan fingerprint density at radius 2 is 1.87 bits per heavy atom. The van der Waals surface area contributed by atoms with Gasteiger partial charge in [0, 0.05) is 21.3 Å². The van der Waals surface area contributed by atoms with Crippen molar-refractivity contribution in [2.45, 2.75) is 13.0 Å². The summed E-state index contributed by atoms with van der Waals surface area (Å²) in [7, 11) is 0.